The Morgan fingerprint density at radius 2 is 1.12 bits per heavy atom. The fraction of sp³-hybridized carbons (Fsp3) is 0.893. The zero-order valence-electron chi connectivity index (χ0n) is 22.2. The minimum Gasteiger partial charge on any atom is -0.677 e. The van der Waals surface area contributed by atoms with Crippen LogP contribution in [-0.4, -0.2) is 18.0 Å². The summed E-state index contributed by atoms with van der Waals surface area (Å²) in [5.41, 5.74) is 8.17. The maximum absolute atomic E-state index is 10.0. The van der Waals surface area contributed by atoms with Crippen LogP contribution in [0.25, 0.3) is 5.73 Å². The summed E-state index contributed by atoms with van der Waals surface area (Å²) in [6.45, 7) is 17.1. The van der Waals surface area contributed by atoms with Crippen molar-refractivity contribution < 1.29 is 40.9 Å². The molecule has 1 saturated carbocycles. The number of carbonyl (C=O) groups excluding carboxylic acids is 2. The Morgan fingerprint density at radius 1 is 0.765 bits per heavy atom. The molecule has 34 heavy (non-hydrogen) atoms. The van der Waals surface area contributed by atoms with Crippen molar-refractivity contribution >= 4 is 11.9 Å². The molecule has 6 heteroatoms. The molecule has 1 N–H and O–H groups in total. The third-order valence-corrected chi connectivity index (χ3v) is 5.52. The van der Waals surface area contributed by atoms with Crippen LogP contribution in [0.3, 0.4) is 0 Å². The van der Waals surface area contributed by atoms with Crippen molar-refractivity contribution in [2.75, 3.05) is 0 Å². The second-order valence-corrected chi connectivity index (χ2v) is 11.6. The van der Waals surface area contributed by atoms with E-state index >= 15 is 0 Å². The molecule has 0 spiro atoms. The topological polar surface area (TPSA) is 104 Å². The molecule has 0 heterocycles. The Labute approximate surface area is 226 Å². The summed E-state index contributed by atoms with van der Waals surface area (Å²) in [5.74, 6) is -1.43. The number of carboxylic acid groups (broad SMARTS) is 2. The number of carbonyl (C=O) groups is 2. The number of hydrogen-bond acceptors (Lipinski definition) is 4. The number of carboxylic acids is 2. The average Bonchev–Trinajstić information content (AvgIpc) is 2.62. The van der Waals surface area contributed by atoms with E-state index in [1.54, 1.807) is 0 Å². The van der Waals surface area contributed by atoms with Crippen LogP contribution in [0, 0.1) is 23.7 Å². The van der Waals surface area contributed by atoms with Gasteiger partial charge >= 0.3 is 21.1 Å². The van der Waals surface area contributed by atoms with Gasteiger partial charge in [-0.3, -0.25) is 0 Å². The maximum Gasteiger partial charge on any atom is 4.00 e. The number of unbranched alkanes of at least 4 members (excludes halogenated alkanes) is 4. The monoisotopic (exact) mass is 664 g/mol. The zero-order valence-corrected chi connectivity index (χ0v) is 24.5. The van der Waals surface area contributed by atoms with Gasteiger partial charge in [-0.25, -0.2) is 0 Å². The van der Waals surface area contributed by atoms with Crippen LogP contribution in [0.5, 0.6) is 0 Å². The molecule has 0 aliphatic heterocycles. The predicted octanol–water partition coefficient (Wildman–Crippen LogP) is 6.53. The van der Waals surface area contributed by atoms with E-state index < -0.39 is 11.9 Å². The minimum atomic E-state index is -0.925. The molecule has 5 nitrogen and oxygen atoms in total. The van der Waals surface area contributed by atoms with E-state index in [4.69, 9.17) is 5.73 Å². The molecule has 206 valence electrons. The SMILES string of the molecule is C.CC(C)(C)CCCCCC(=O)[O-].CC(C)(C)CCCCCC(=O)[O-].[CH2-][C@H]1CCCC[C@H]1[NH-].[Pt+4]. The number of nitrogens with one attached hydrogen (secondary N) is 1. The number of hydrogen-bond donors (Lipinski definition) is 0. The summed E-state index contributed by atoms with van der Waals surface area (Å²) in [4.78, 5) is 20.1. The Morgan fingerprint density at radius 3 is 1.35 bits per heavy atom. The molecular weight excluding hydrogens is 609 g/mol. The predicted molar refractivity (Wildman–Crippen MR) is 137 cm³/mol. The smallest absolute Gasteiger partial charge is 0.677 e. The van der Waals surface area contributed by atoms with Crippen LogP contribution in [0.15, 0.2) is 0 Å². The van der Waals surface area contributed by atoms with Gasteiger partial charge in [0.1, 0.15) is 0 Å². The van der Waals surface area contributed by atoms with Gasteiger partial charge in [-0.1, -0.05) is 100 Å². The molecule has 0 saturated heterocycles. The van der Waals surface area contributed by atoms with Gasteiger partial charge in [0.2, 0.25) is 0 Å². The van der Waals surface area contributed by atoms with Crippen molar-refractivity contribution in [3.63, 3.8) is 0 Å². The first-order valence-corrected chi connectivity index (χ1v) is 12.6. The molecule has 1 fully saturated rings. The van der Waals surface area contributed by atoms with E-state index in [0.29, 0.717) is 16.7 Å². The molecule has 0 radical (unpaired) electrons. The molecule has 0 amide bonds. The summed E-state index contributed by atoms with van der Waals surface area (Å²) >= 11 is 0. The summed E-state index contributed by atoms with van der Waals surface area (Å²) < 4.78 is 0. The van der Waals surface area contributed by atoms with Gasteiger partial charge in [-0.05, 0) is 49.4 Å². The third kappa shape index (κ3) is 36.2. The van der Waals surface area contributed by atoms with E-state index in [-0.39, 0.29) is 47.4 Å². The van der Waals surface area contributed by atoms with Crippen molar-refractivity contribution in [3.8, 4) is 0 Å². The molecule has 1 aliphatic rings. The molecule has 0 aromatic heterocycles. The molecular formula is C28H55NO4Pt. The Bertz CT molecular complexity index is 440. The van der Waals surface area contributed by atoms with Gasteiger partial charge < -0.3 is 32.5 Å². The molecule has 0 aromatic rings. The molecule has 1 rings (SSSR count). The van der Waals surface area contributed by atoms with Gasteiger partial charge in [0.25, 0.3) is 0 Å². The first-order chi connectivity index (χ1) is 14.6. The van der Waals surface area contributed by atoms with E-state index in [1.165, 1.54) is 32.1 Å². The molecule has 2 atom stereocenters. The van der Waals surface area contributed by atoms with Crippen molar-refractivity contribution in [2.45, 2.75) is 145 Å². The third-order valence-electron chi connectivity index (χ3n) is 5.52. The second kappa shape index (κ2) is 23.0. The van der Waals surface area contributed by atoms with Crippen LogP contribution in [0.2, 0.25) is 0 Å². The second-order valence-electron chi connectivity index (χ2n) is 11.6. The summed E-state index contributed by atoms with van der Waals surface area (Å²) in [6, 6.07) is 0.142. The van der Waals surface area contributed by atoms with Crippen LogP contribution < -0.4 is 10.2 Å². The van der Waals surface area contributed by atoms with E-state index in [2.05, 4.69) is 48.5 Å². The largest absolute Gasteiger partial charge is 4.00 e. The van der Waals surface area contributed by atoms with Crippen molar-refractivity contribution in [3.05, 3.63) is 12.7 Å². The van der Waals surface area contributed by atoms with Gasteiger partial charge in [-0.15, -0.1) is 0 Å². The summed E-state index contributed by atoms with van der Waals surface area (Å²) in [6.07, 6.45) is 13.3. The van der Waals surface area contributed by atoms with E-state index in [9.17, 15) is 19.8 Å². The summed E-state index contributed by atoms with van der Waals surface area (Å²) in [5, 5.41) is 20.1. The van der Waals surface area contributed by atoms with Gasteiger partial charge in [-0.2, -0.15) is 12.0 Å². The van der Waals surface area contributed by atoms with Crippen LogP contribution in [-0.2, 0) is 30.7 Å². The minimum absolute atomic E-state index is 0. The molecule has 0 bridgehead atoms. The first kappa shape index (κ1) is 40.7. The Hall–Kier alpha value is -0.412. The standard InChI is InChI=1S/2C10H20O2.C7H13N.CH4.Pt/c2*1-10(2,3)8-6-4-5-7-9(11)12;1-6-4-2-3-5-7(6)8;;/h2*4-8H2,1-3H3,(H,11,12);6-8H,1-5H2;1H4;/q;;-2;;+4/p-2/t;;6-,7+;;/m..0../s1. The van der Waals surface area contributed by atoms with Crippen LogP contribution in [0.4, 0.5) is 0 Å². The van der Waals surface area contributed by atoms with Gasteiger partial charge in [0.15, 0.2) is 0 Å². The normalized spacial score (nSPS) is 17.5. The van der Waals surface area contributed by atoms with Gasteiger partial charge in [0.05, 0.1) is 0 Å². The van der Waals surface area contributed by atoms with E-state index in [0.717, 1.165) is 44.9 Å². The Kier molecular flexibility index (Phi) is 27.6. The van der Waals surface area contributed by atoms with E-state index in [1.807, 2.05) is 0 Å². The van der Waals surface area contributed by atoms with Crippen molar-refractivity contribution in [2.24, 2.45) is 16.7 Å². The Balaban J connectivity index is -0.000000196. The maximum atomic E-state index is 10.0. The molecule has 0 aromatic carbocycles. The van der Waals surface area contributed by atoms with Crippen molar-refractivity contribution in [1.82, 2.24) is 0 Å². The molecule has 1 aliphatic carbocycles. The van der Waals surface area contributed by atoms with Gasteiger partial charge in [0, 0.05) is 11.9 Å². The number of rotatable bonds is 10. The quantitative estimate of drug-likeness (QED) is 0.196. The fourth-order valence-corrected chi connectivity index (χ4v) is 3.41. The van der Waals surface area contributed by atoms with Crippen molar-refractivity contribution in [1.29, 1.82) is 0 Å². The van der Waals surface area contributed by atoms with Crippen LogP contribution >= 0.6 is 0 Å². The average molecular weight is 665 g/mol. The summed E-state index contributed by atoms with van der Waals surface area (Å²) in [7, 11) is 0. The molecule has 0 unspecified atom stereocenters. The fourth-order valence-electron chi connectivity index (χ4n) is 3.41. The van der Waals surface area contributed by atoms with Crippen LogP contribution in [0.1, 0.15) is 139 Å². The zero-order chi connectivity index (χ0) is 25.2. The number of aliphatic carboxylic acids is 2. The first-order valence-electron chi connectivity index (χ1n) is 12.6.